The molecule has 0 bridgehead atoms. The van der Waals surface area contributed by atoms with Crippen molar-refractivity contribution < 1.29 is 8.42 Å². The molecule has 0 aromatic heterocycles. The van der Waals surface area contributed by atoms with Gasteiger partial charge in [0.15, 0.2) is 0 Å². The third-order valence-corrected chi connectivity index (χ3v) is 6.80. The molecule has 138 valence electrons. The first-order valence-corrected chi connectivity index (χ1v) is 10.2. The smallest absolute Gasteiger partial charge is 0.244 e. The quantitative estimate of drug-likeness (QED) is 0.791. The Hall–Kier alpha value is -0.330. The van der Waals surface area contributed by atoms with Crippen LogP contribution in [0.4, 0.5) is 0 Å². The number of sulfonamides is 1. The van der Waals surface area contributed by atoms with Gasteiger partial charge in [-0.1, -0.05) is 38.4 Å². The second kappa shape index (κ2) is 9.39. The molecule has 1 heterocycles. The predicted octanol–water partition coefficient (Wildman–Crippen LogP) is 4.04. The molecule has 0 atom stereocenters. The van der Waals surface area contributed by atoms with Crippen LogP contribution in [-0.2, 0) is 10.0 Å². The Morgan fingerprint density at radius 2 is 1.92 bits per heavy atom. The van der Waals surface area contributed by atoms with Crippen LogP contribution in [-0.4, -0.2) is 38.4 Å². The number of benzene rings is 1. The van der Waals surface area contributed by atoms with E-state index in [2.05, 4.69) is 19.2 Å². The van der Waals surface area contributed by atoms with Gasteiger partial charge < -0.3 is 5.32 Å². The highest BCUT2D eigenvalue weighted by Crippen LogP contribution is 2.30. The zero-order chi connectivity index (χ0) is 17.0. The largest absolute Gasteiger partial charge is 0.317 e. The average molecular weight is 395 g/mol. The number of hydrogen-bond donors (Lipinski definition) is 1. The van der Waals surface area contributed by atoms with Crippen molar-refractivity contribution in [2.75, 3.05) is 19.6 Å². The Morgan fingerprint density at radius 1 is 1.29 bits per heavy atom. The minimum Gasteiger partial charge on any atom is -0.317 e. The van der Waals surface area contributed by atoms with Gasteiger partial charge in [0.2, 0.25) is 10.0 Å². The van der Waals surface area contributed by atoms with E-state index in [-0.39, 0.29) is 29.3 Å². The third-order valence-electron chi connectivity index (χ3n) is 4.37. The number of rotatable bonds is 6. The zero-order valence-electron chi connectivity index (χ0n) is 14.6. The maximum Gasteiger partial charge on any atom is 0.244 e. The van der Waals surface area contributed by atoms with E-state index in [1.165, 1.54) is 0 Å². The van der Waals surface area contributed by atoms with Crippen molar-refractivity contribution in [3.05, 3.63) is 28.8 Å². The first-order chi connectivity index (χ1) is 10.9. The summed E-state index contributed by atoms with van der Waals surface area (Å²) in [7, 11) is -3.58. The maximum absolute atomic E-state index is 13.2. The Balaban J connectivity index is 0.00000288. The first-order valence-electron chi connectivity index (χ1n) is 8.40. The molecular formula is C17H28Cl2N2O2S. The van der Waals surface area contributed by atoms with Crippen molar-refractivity contribution >= 4 is 34.0 Å². The number of nitrogens with zero attached hydrogens (tertiary/aromatic N) is 1. The molecule has 0 aliphatic carbocycles. The van der Waals surface area contributed by atoms with Crippen molar-refractivity contribution in [3.63, 3.8) is 0 Å². The van der Waals surface area contributed by atoms with Gasteiger partial charge in [0, 0.05) is 12.6 Å². The monoisotopic (exact) mass is 394 g/mol. The van der Waals surface area contributed by atoms with Crippen LogP contribution >= 0.6 is 24.0 Å². The molecule has 0 radical (unpaired) electrons. The van der Waals surface area contributed by atoms with Crippen molar-refractivity contribution in [1.29, 1.82) is 0 Å². The molecule has 0 unspecified atom stereocenters. The van der Waals surface area contributed by atoms with E-state index in [1.54, 1.807) is 16.4 Å². The fourth-order valence-corrected chi connectivity index (χ4v) is 5.31. The number of piperidine rings is 1. The summed E-state index contributed by atoms with van der Waals surface area (Å²) in [6, 6.07) is 5.41. The topological polar surface area (TPSA) is 49.4 Å². The minimum absolute atomic E-state index is 0. The highest BCUT2D eigenvalue weighted by atomic mass is 35.5. The van der Waals surface area contributed by atoms with Gasteiger partial charge in [-0.2, -0.15) is 4.31 Å². The molecule has 1 aliphatic heterocycles. The molecule has 0 saturated carbocycles. The number of hydrogen-bond acceptors (Lipinski definition) is 3. The lowest BCUT2D eigenvalue weighted by atomic mass is 10.0. The predicted molar refractivity (Wildman–Crippen MR) is 103 cm³/mol. The Labute approximate surface area is 157 Å². The van der Waals surface area contributed by atoms with Gasteiger partial charge in [0.05, 0.1) is 5.02 Å². The van der Waals surface area contributed by atoms with Crippen molar-refractivity contribution in [2.45, 2.75) is 56.9 Å². The van der Waals surface area contributed by atoms with Crippen LogP contribution in [0.3, 0.4) is 0 Å². The molecule has 0 amide bonds. The van der Waals surface area contributed by atoms with Gasteiger partial charge in [-0.15, -0.1) is 12.4 Å². The van der Waals surface area contributed by atoms with Crippen LogP contribution in [0.25, 0.3) is 0 Å². The van der Waals surface area contributed by atoms with Gasteiger partial charge in [-0.3, -0.25) is 0 Å². The van der Waals surface area contributed by atoms with Crippen LogP contribution in [0, 0.1) is 0 Å². The standard InChI is InChI=1S/C17H27ClN2O2S.ClH/c1-4-11-20(15-7-9-19-10-8-15)23(21,22)17-12-14(13(2)3)5-6-16(17)18;/h5-6,12-13,15,19H,4,7-11H2,1-3H3;1H. The molecule has 0 spiro atoms. The average Bonchev–Trinajstić information content (AvgIpc) is 2.53. The van der Waals surface area contributed by atoms with Crippen molar-refractivity contribution in [2.24, 2.45) is 0 Å². The normalized spacial score (nSPS) is 16.4. The minimum atomic E-state index is -3.58. The molecule has 1 aromatic carbocycles. The van der Waals surface area contributed by atoms with E-state index in [1.807, 2.05) is 13.0 Å². The summed E-state index contributed by atoms with van der Waals surface area (Å²) in [6.45, 7) is 8.37. The summed E-state index contributed by atoms with van der Waals surface area (Å²) in [4.78, 5) is 0.248. The summed E-state index contributed by atoms with van der Waals surface area (Å²) < 4.78 is 28.1. The molecule has 1 N–H and O–H groups in total. The molecule has 7 heteroatoms. The Kier molecular flexibility index (Phi) is 8.50. The highest BCUT2D eigenvalue weighted by Gasteiger charge is 2.33. The Bertz CT molecular complexity index is 629. The molecule has 4 nitrogen and oxygen atoms in total. The van der Waals surface area contributed by atoms with Crippen LogP contribution in [0.5, 0.6) is 0 Å². The molecule has 1 aliphatic rings. The number of nitrogens with one attached hydrogen (secondary N) is 1. The van der Waals surface area contributed by atoms with Gasteiger partial charge >= 0.3 is 0 Å². The first kappa shape index (κ1) is 21.7. The van der Waals surface area contributed by atoms with Crippen LogP contribution in [0.15, 0.2) is 23.1 Å². The lowest BCUT2D eigenvalue weighted by Crippen LogP contribution is -2.46. The van der Waals surface area contributed by atoms with Crippen LogP contribution in [0.2, 0.25) is 5.02 Å². The lowest BCUT2D eigenvalue weighted by molar-refractivity contribution is 0.262. The lowest BCUT2D eigenvalue weighted by Gasteiger charge is -2.34. The Morgan fingerprint density at radius 3 is 2.46 bits per heavy atom. The van der Waals surface area contributed by atoms with E-state index >= 15 is 0 Å². The second-order valence-corrected chi connectivity index (χ2v) is 8.71. The highest BCUT2D eigenvalue weighted by molar-refractivity contribution is 7.89. The van der Waals surface area contributed by atoms with E-state index in [0.717, 1.165) is 37.9 Å². The molecule has 2 rings (SSSR count). The van der Waals surface area contributed by atoms with E-state index in [0.29, 0.717) is 11.6 Å². The number of halogens is 2. The summed E-state index contributed by atoms with van der Waals surface area (Å²) >= 11 is 6.25. The summed E-state index contributed by atoms with van der Waals surface area (Å²) in [5, 5.41) is 3.60. The molecule has 1 aromatic rings. The van der Waals surface area contributed by atoms with Gasteiger partial charge in [0.25, 0.3) is 0 Å². The fourth-order valence-electron chi connectivity index (χ4n) is 3.02. The summed E-state index contributed by atoms with van der Waals surface area (Å²) in [6.07, 6.45) is 2.49. The van der Waals surface area contributed by atoms with Gasteiger partial charge in [-0.25, -0.2) is 8.42 Å². The van der Waals surface area contributed by atoms with E-state index in [9.17, 15) is 8.42 Å². The van der Waals surface area contributed by atoms with Gasteiger partial charge in [-0.05, 0) is 56.0 Å². The zero-order valence-corrected chi connectivity index (χ0v) is 17.0. The van der Waals surface area contributed by atoms with Crippen LogP contribution < -0.4 is 5.32 Å². The second-order valence-electron chi connectivity index (χ2n) is 6.44. The van der Waals surface area contributed by atoms with E-state index < -0.39 is 10.0 Å². The van der Waals surface area contributed by atoms with Crippen LogP contribution in [0.1, 0.15) is 51.5 Å². The molecular weight excluding hydrogens is 367 g/mol. The van der Waals surface area contributed by atoms with Crippen molar-refractivity contribution in [1.82, 2.24) is 9.62 Å². The van der Waals surface area contributed by atoms with E-state index in [4.69, 9.17) is 11.6 Å². The van der Waals surface area contributed by atoms with Crippen molar-refractivity contribution in [3.8, 4) is 0 Å². The maximum atomic E-state index is 13.2. The molecule has 1 fully saturated rings. The third kappa shape index (κ3) is 4.85. The fraction of sp³-hybridized carbons (Fsp3) is 0.647. The SMILES string of the molecule is CCCN(C1CCNCC1)S(=O)(=O)c1cc(C(C)C)ccc1Cl.Cl. The molecule has 1 saturated heterocycles. The summed E-state index contributed by atoms with van der Waals surface area (Å²) in [5.74, 6) is 0.264. The molecule has 24 heavy (non-hydrogen) atoms. The van der Waals surface area contributed by atoms with Gasteiger partial charge in [0.1, 0.15) is 4.90 Å². The summed E-state index contributed by atoms with van der Waals surface area (Å²) in [5.41, 5.74) is 0.995.